The highest BCUT2D eigenvalue weighted by Gasteiger charge is 2.43. The summed E-state index contributed by atoms with van der Waals surface area (Å²) in [6, 6.07) is 20.6. The number of hydrogen-bond acceptors (Lipinski definition) is 6. The van der Waals surface area contributed by atoms with E-state index >= 15 is 0 Å². The first kappa shape index (κ1) is 20.2. The molecule has 1 aliphatic carbocycles. The van der Waals surface area contributed by atoms with E-state index in [1.54, 1.807) is 10.5 Å². The minimum absolute atomic E-state index is 0.00927. The van der Waals surface area contributed by atoms with Crippen molar-refractivity contribution in [3.63, 3.8) is 0 Å². The van der Waals surface area contributed by atoms with Crippen LogP contribution in [0.4, 0.5) is 0 Å². The van der Waals surface area contributed by atoms with Crippen molar-refractivity contribution in [2.75, 3.05) is 5.75 Å². The monoisotopic (exact) mass is 446 g/mol. The lowest BCUT2D eigenvalue weighted by Gasteiger charge is -2.29. The Bertz CT molecular complexity index is 1100. The Balaban J connectivity index is 1.47. The van der Waals surface area contributed by atoms with Crippen molar-refractivity contribution in [2.45, 2.75) is 29.6 Å². The number of fused-ring (bicyclic) bond motifs is 1. The largest absolute Gasteiger partial charge is 0.272 e. The summed E-state index contributed by atoms with van der Waals surface area (Å²) in [4.78, 5) is 13.3. The number of rotatable bonds is 5. The molecule has 2 atom stereocenters. The zero-order valence-corrected chi connectivity index (χ0v) is 18.6. The lowest BCUT2D eigenvalue weighted by molar-refractivity contribution is -0.130. The number of nitrogens with zero attached hydrogens (tertiary/aromatic N) is 4. The average molecular weight is 447 g/mol. The van der Waals surface area contributed by atoms with Gasteiger partial charge in [-0.05, 0) is 42.0 Å². The number of hydrogen-bond donors (Lipinski definition) is 0. The van der Waals surface area contributed by atoms with Crippen LogP contribution in [0, 0.1) is 5.92 Å². The zero-order valence-electron chi connectivity index (χ0n) is 16.9. The van der Waals surface area contributed by atoms with Gasteiger partial charge in [0.25, 0.3) is 5.91 Å². The van der Waals surface area contributed by atoms with Crippen LogP contribution in [0.3, 0.4) is 0 Å². The third-order valence-electron chi connectivity index (χ3n) is 5.70. The standard InChI is InChI=1S/C24H22N4OS2/c29-21(15-30-24-26-25-16-31-24)28-23(18-10-5-2-6-11-18)20-13-7-12-19(22(20)27-28)14-17-8-3-1-4-9-17/h1-6,8-11,14,16,20,23H,7,12-13,15H2/b19-14+. The molecule has 2 unspecified atom stereocenters. The smallest absolute Gasteiger partial charge is 0.253 e. The second-order valence-electron chi connectivity index (χ2n) is 7.65. The van der Waals surface area contributed by atoms with Crippen LogP contribution in [0.25, 0.3) is 6.08 Å². The van der Waals surface area contributed by atoms with Gasteiger partial charge in [-0.25, -0.2) is 5.01 Å². The normalized spacial score (nSPS) is 21.7. The van der Waals surface area contributed by atoms with E-state index < -0.39 is 0 Å². The Morgan fingerprint density at radius 2 is 1.90 bits per heavy atom. The van der Waals surface area contributed by atoms with E-state index in [-0.39, 0.29) is 17.9 Å². The molecular weight excluding hydrogens is 424 g/mol. The van der Waals surface area contributed by atoms with E-state index in [1.807, 2.05) is 24.3 Å². The molecule has 0 bridgehead atoms. The lowest BCUT2D eigenvalue weighted by Crippen LogP contribution is -2.32. The first-order chi connectivity index (χ1) is 15.3. The van der Waals surface area contributed by atoms with E-state index in [9.17, 15) is 4.79 Å². The Morgan fingerprint density at radius 1 is 1.13 bits per heavy atom. The summed E-state index contributed by atoms with van der Waals surface area (Å²) in [5.74, 6) is 0.538. The second kappa shape index (κ2) is 9.16. The molecule has 31 heavy (non-hydrogen) atoms. The second-order valence-corrected chi connectivity index (χ2v) is 9.71. The predicted molar refractivity (Wildman–Crippen MR) is 126 cm³/mol. The van der Waals surface area contributed by atoms with Crippen molar-refractivity contribution >= 4 is 40.8 Å². The molecule has 1 saturated carbocycles. The molecule has 0 N–H and O–H groups in total. The zero-order chi connectivity index (χ0) is 21.0. The number of carbonyl (C=O) groups excluding carboxylic acids is 1. The minimum atomic E-state index is -0.0572. The van der Waals surface area contributed by atoms with Crippen molar-refractivity contribution in [2.24, 2.45) is 11.0 Å². The number of carbonyl (C=O) groups is 1. The number of aromatic nitrogens is 2. The molecule has 1 aliphatic heterocycles. The van der Waals surface area contributed by atoms with Gasteiger partial charge in [-0.1, -0.05) is 83.8 Å². The van der Waals surface area contributed by atoms with Gasteiger partial charge in [-0.15, -0.1) is 10.2 Å². The summed E-state index contributed by atoms with van der Waals surface area (Å²) in [6.07, 6.45) is 5.37. The van der Waals surface area contributed by atoms with Crippen LogP contribution in [0.15, 0.2) is 81.2 Å². The molecule has 0 spiro atoms. The molecule has 3 aromatic rings. The van der Waals surface area contributed by atoms with E-state index in [0.717, 1.165) is 34.9 Å². The van der Waals surface area contributed by atoms with Gasteiger partial charge in [0.15, 0.2) is 4.34 Å². The number of amides is 1. The fourth-order valence-corrected chi connectivity index (χ4v) is 5.70. The number of thioether (sulfide) groups is 1. The van der Waals surface area contributed by atoms with Crippen molar-refractivity contribution in [1.29, 1.82) is 0 Å². The van der Waals surface area contributed by atoms with Gasteiger partial charge in [0.05, 0.1) is 17.5 Å². The Hall–Kier alpha value is -2.77. The highest BCUT2D eigenvalue weighted by Crippen LogP contribution is 2.44. The average Bonchev–Trinajstić information content (AvgIpc) is 3.47. The van der Waals surface area contributed by atoms with E-state index in [2.05, 4.69) is 52.7 Å². The molecule has 2 aliphatic rings. The van der Waals surface area contributed by atoms with Gasteiger partial charge in [-0.2, -0.15) is 5.10 Å². The quantitative estimate of drug-likeness (QED) is 0.489. The molecule has 2 aromatic carbocycles. The molecule has 0 radical (unpaired) electrons. The Morgan fingerprint density at radius 3 is 2.65 bits per heavy atom. The van der Waals surface area contributed by atoms with E-state index in [1.165, 1.54) is 34.2 Å². The van der Waals surface area contributed by atoms with Crippen LogP contribution in [0.1, 0.15) is 36.4 Å². The maximum absolute atomic E-state index is 13.3. The molecule has 1 fully saturated rings. The van der Waals surface area contributed by atoms with E-state index in [0.29, 0.717) is 5.75 Å². The number of benzene rings is 2. The van der Waals surface area contributed by atoms with Gasteiger partial charge in [-0.3, -0.25) is 4.79 Å². The summed E-state index contributed by atoms with van der Waals surface area (Å²) >= 11 is 2.88. The van der Waals surface area contributed by atoms with Crippen molar-refractivity contribution in [3.05, 3.63) is 82.9 Å². The van der Waals surface area contributed by atoms with Gasteiger partial charge < -0.3 is 0 Å². The van der Waals surface area contributed by atoms with Crippen LogP contribution in [-0.2, 0) is 4.79 Å². The molecular formula is C24H22N4OS2. The first-order valence-electron chi connectivity index (χ1n) is 10.4. The van der Waals surface area contributed by atoms with Crippen LogP contribution in [-0.4, -0.2) is 32.6 Å². The maximum Gasteiger partial charge on any atom is 0.253 e. The summed E-state index contributed by atoms with van der Waals surface area (Å²) in [5, 5.41) is 14.6. The number of allylic oxidation sites excluding steroid dienone is 1. The fourth-order valence-electron chi connectivity index (χ4n) is 4.36. The highest BCUT2D eigenvalue weighted by atomic mass is 32.2. The summed E-state index contributed by atoms with van der Waals surface area (Å²) in [6.45, 7) is 0. The highest BCUT2D eigenvalue weighted by molar-refractivity contribution is 8.01. The van der Waals surface area contributed by atoms with Gasteiger partial charge in [0, 0.05) is 5.92 Å². The molecule has 1 aromatic heterocycles. The van der Waals surface area contributed by atoms with Gasteiger partial charge in [0.2, 0.25) is 0 Å². The fraction of sp³-hybridized carbons (Fsp3) is 0.250. The molecule has 2 heterocycles. The molecule has 7 heteroatoms. The Labute approximate surface area is 189 Å². The molecule has 5 nitrogen and oxygen atoms in total. The summed E-state index contributed by atoms with van der Waals surface area (Å²) in [5.41, 5.74) is 6.31. The van der Waals surface area contributed by atoms with Gasteiger partial charge >= 0.3 is 0 Å². The Kier molecular flexibility index (Phi) is 5.95. The minimum Gasteiger partial charge on any atom is -0.272 e. The van der Waals surface area contributed by atoms with Crippen molar-refractivity contribution in [3.8, 4) is 0 Å². The SMILES string of the molecule is O=C(CSc1nncs1)N1N=C2/C(=C/c3ccccc3)CCCC2C1c1ccccc1. The van der Waals surface area contributed by atoms with Crippen molar-refractivity contribution < 1.29 is 4.79 Å². The number of hydrazone groups is 1. The molecule has 5 rings (SSSR count). The van der Waals surface area contributed by atoms with Crippen LogP contribution in [0.5, 0.6) is 0 Å². The van der Waals surface area contributed by atoms with Crippen LogP contribution >= 0.6 is 23.1 Å². The predicted octanol–water partition coefficient (Wildman–Crippen LogP) is 5.45. The first-order valence-corrected chi connectivity index (χ1v) is 12.3. The van der Waals surface area contributed by atoms with E-state index in [4.69, 9.17) is 5.10 Å². The summed E-state index contributed by atoms with van der Waals surface area (Å²) < 4.78 is 0.804. The third-order valence-corrected chi connectivity index (χ3v) is 7.54. The van der Waals surface area contributed by atoms with Gasteiger partial charge in [0.1, 0.15) is 5.51 Å². The molecule has 1 amide bonds. The third kappa shape index (κ3) is 4.34. The van der Waals surface area contributed by atoms with Crippen LogP contribution in [0.2, 0.25) is 0 Å². The van der Waals surface area contributed by atoms with Crippen molar-refractivity contribution in [1.82, 2.24) is 15.2 Å². The topological polar surface area (TPSA) is 58.5 Å². The summed E-state index contributed by atoms with van der Waals surface area (Å²) in [7, 11) is 0. The molecule has 156 valence electrons. The maximum atomic E-state index is 13.3. The molecule has 0 saturated heterocycles. The van der Waals surface area contributed by atoms with Crippen LogP contribution < -0.4 is 0 Å². The lowest BCUT2D eigenvalue weighted by atomic mass is 9.77.